The molecular formula is C11H19N3O. The number of ether oxygens (including phenoxy) is 1. The molecule has 2 N–H and O–H groups in total. The van der Waals surface area contributed by atoms with Gasteiger partial charge in [-0.25, -0.2) is 0 Å². The minimum Gasteiger partial charge on any atom is -0.373 e. The van der Waals surface area contributed by atoms with Crippen molar-refractivity contribution in [3.63, 3.8) is 0 Å². The fraction of sp³-hybridized carbons (Fsp3) is 0.727. The maximum atomic E-state index is 5.77. The maximum Gasteiger partial charge on any atom is 0.0775 e. The van der Waals surface area contributed by atoms with Crippen molar-refractivity contribution in [3.05, 3.63) is 18.0 Å². The average molecular weight is 209 g/mol. The topological polar surface area (TPSA) is 53.1 Å². The van der Waals surface area contributed by atoms with Gasteiger partial charge in [-0.3, -0.25) is 4.68 Å². The van der Waals surface area contributed by atoms with Crippen LogP contribution in [0, 0.1) is 0 Å². The molecule has 15 heavy (non-hydrogen) atoms. The first-order valence-electron chi connectivity index (χ1n) is 5.58. The summed E-state index contributed by atoms with van der Waals surface area (Å²) in [5.41, 5.74) is 6.86. The molecule has 1 aromatic rings. The van der Waals surface area contributed by atoms with E-state index in [1.54, 1.807) is 0 Å². The summed E-state index contributed by atoms with van der Waals surface area (Å²) in [5.74, 6) is 0. The molecule has 0 radical (unpaired) electrons. The largest absolute Gasteiger partial charge is 0.373 e. The van der Waals surface area contributed by atoms with Gasteiger partial charge in [0.15, 0.2) is 0 Å². The molecule has 3 atom stereocenters. The summed E-state index contributed by atoms with van der Waals surface area (Å²) in [6.07, 6.45) is 6.86. The van der Waals surface area contributed by atoms with Crippen LogP contribution < -0.4 is 5.73 Å². The fourth-order valence-electron chi connectivity index (χ4n) is 1.94. The molecule has 1 aliphatic heterocycles. The van der Waals surface area contributed by atoms with Crippen LogP contribution in [0.15, 0.2) is 12.4 Å². The average Bonchev–Trinajstić information content (AvgIpc) is 2.76. The van der Waals surface area contributed by atoms with Crippen LogP contribution in [-0.4, -0.2) is 22.0 Å². The van der Waals surface area contributed by atoms with Gasteiger partial charge in [0.25, 0.3) is 0 Å². The van der Waals surface area contributed by atoms with Crippen LogP contribution in [0.25, 0.3) is 0 Å². The highest BCUT2D eigenvalue weighted by molar-refractivity contribution is 5.08. The van der Waals surface area contributed by atoms with Gasteiger partial charge in [-0.2, -0.15) is 5.10 Å². The summed E-state index contributed by atoms with van der Waals surface area (Å²) in [6, 6.07) is 0.0576. The second-order valence-electron chi connectivity index (χ2n) is 4.43. The second-order valence-corrected chi connectivity index (χ2v) is 4.43. The van der Waals surface area contributed by atoms with E-state index in [1.807, 2.05) is 24.0 Å². The standard InChI is InChI=1S/C11H19N3O/c1-8-3-4-11(15-8)7-14-6-10(5-13-14)9(2)12/h5-6,8-9,11H,3-4,7,12H2,1-2H3. The Kier molecular flexibility index (Phi) is 3.07. The lowest BCUT2D eigenvalue weighted by atomic mass is 10.2. The van der Waals surface area contributed by atoms with Crippen LogP contribution in [0.1, 0.15) is 38.3 Å². The zero-order valence-corrected chi connectivity index (χ0v) is 9.39. The van der Waals surface area contributed by atoms with Crippen LogP contribution in [0.2, 0.25) is 0 Å². The SMILES string of the molecule is CC1CCC(Cn2cc(C(C)N)cn2)O1. The van der Waals surface area contributed by atoms with E-state index in [4.69, 9.17) is 10.5 Å². The van der Waals surface area contributed by atoms with Crippen LogP contribution in [0.5, 0.6) is 0 Å². The van der Waals surface area contributed by atoms with E-state index in [2.05, 4.69) is 12.0 Å². The van der Waals surface area contributed by atoms with Gasteiger partial charge in [0.1, 0.15) is 0 Å². The van der Waals surface area contributed by atoms with Crippen molar-refractivity contribution in [2.75, 3.05) is 0 Å². The van der Waals surface area contributed by atoms with E-state index in [0.717, 1.165) is 24.9 Å². The summed E-state index contributed by atoms with van der Waals surface area (Å²) in [4.78, 5) is 0. The van der Waals surface area contributed by atoms with Crippen LogP contribution in [0.3, 0.4) is 0 Å². The summed E-state index contributed by atoms with van der Waals surface area (Å²) in [6.45, 7) is 4.93. The Bertz CT molecular complexity index is 321. The second kappa shape index (κ2) is 4.33. The zero-order valence-electron chi connectivity index (χ0n) is 9.39. The Balaban J connectivity index is 1.93. The number of aromatic nitrogens is 2. The molecule has 84 valence electrons. The number of rotatable bonds is 3. The van der Waals surface area contributed by atoms with Crippen molar-refractivity contribution >= 4 is 0 Å². The van der Waals surface area contributed by atoms with Gasteiger partial charge in [0, 0.05) is 17.8 Å². The van der Waals surface area contributed by atoms with Crippen LogP contribution in [0.4, 0.5) is 0 Å². The molecule has 0 aromatic carbocycles. The minimum atomic E-state index is 0.0576. The first-order valence-corrected chi connectivity index (χ1v) is 5.58. The lowest BCUT2D eigenvalue weighted by Gasteiger charge is -2.10. The molecule has 0 bridgehead atoms. The van der Waals surface area contributed by atoms with Gasteiger partial charge in [0.2, 0.25) is 0 Å². The molecule has 1 saturated heterocycles. The Morgan fingerprint density at radius 3 is 3.00 bits per heavy atom. The Morgan fingerprint density at radius 2 is 2.47 bits per heavy atom. The quantitative estimate of drug-likeness (QED) is 0.820. The van der Waals surface area contributed by atoms with Crippen molar-refractivity contribution < 1.29 is 4.74 Å². The Morgan fingerprint density at radius 1 is 1.67 bits per heavy atom. The third kappa shape index (κ3) is 2.58. The van der Waals surface area contributed by atoms with Gasteiger partial charge >= 0.3 is 0 Å². The van der Waals surface area contributed by atoms with Gasteiger partial charge in [-0.1, -0.05) is 0 Å². The molecule has 3 unspecified atom stereocenters. The van der Waals surface area contributed by atoms with Crippen molar-refractivity contribution in [1.29, 1.82) is 0 Å². The first-order chi connectivity index (χ1) is 7.15. The summed E-state index contributed by atoms with van der Waals surface area (Å²) in [7, 11) is 0. The minimum absolute atomic E-state index is 0.0576. The summed E-state index contributed by atoms with van der Waals surface area (Å²) in [5, 5.41) is 4.28. The van der Waals surface area contributed by atoms with Crippen LogP contribution >= 0.6 is 0 Å². The summed E-state index contributed by atoms with van der Waals surface area (Å²) < 4.78 is 7.67. The van der Waals surface area contributed by atoms with Gasteiger partial charge in [0.05, 0.1) is 24.9 Å². The van der Waals surface area contributed by atoms with E-state index >= 15 is 0 Å². The maximum absolute atomic E-state index is 5.77. The molecule has 4 heteroatoms. The first kappa shape index (κ1) is 10.6. The van der Waals surface area contributed by atoms with Gasteiger partial charge < -0.3 is 10.5 Å². The van der Waals surface area contributed by atoms with Crippen molar-refractivity contribution in [2.45, 2.75) is 51.5 Å². The molecule has 1 aromatic heterocycles. The van der Waals surface area contributed by atoms with Crippen molar-refractivity contribution in [3.8, 4) is 0 Å². The number of hydrogen-bond donors (Lipinski definition) is 1. The molecule has 2 rings (SSSR count). The Hall–Kier alpha value is -0.870. The lowest BCUT2D eigenvalue weighted by molar-refractivity contribution is 0.0437. The molecule has 2 heterocycles. The number of nitrogens with zero attached hydrogens (tertiary/aromatic N) is 2. The predicted octanol–water partition coefficient (Wildman–Crippen LogP) is 1.47. The highest BCUT2D eigenvalue weighted by Crippen LogP contribution is 2.20. The Labute approximate surface area is 90.4 Å². The van der Waals surface area contributed by atoms with Crippen LogP contribution in [-0.2, 0) is 11.3 Å². The molecule has 1 aliphatic rings. The molecule has 0 spiro atoms. The summed E-state index contributed by atoms with van der Waals surface area (Å²) >= 11 is 0. The van der Waals surface area contributed by atoms with E-state index < -0.39 is 0 Å². The molecule has 1 fully saturated rings. The highest BCUT2D eigenvalue weighted by Gasteiger charge is 2.22. The van der Waals surface area contributed by atoms with Crippen molar-refractivity contribution in [1.82, 2.24) is 9.78 Å². The van der Waals surface area contributed by atoms with E-state index in [0.29, 0.717) is 12.2 Å². The normalized spacial score (nSPS) is 28.2. The van der Waals surface area contributed by atoms with E-state index in [1.165, 1.54) is 0 Å². The van der Waals surface area contributed by atoms with E-state index in [-0.39, 0.29) is 6.04 Å². The smallest absolute Gasteiger partial charge is 0.0775 e. The van der Waals surface area contributed by atoms with Gasteiger partial charge in [-0.05, 0) is 26.7 Å². The zero-order chi connectivity index (χ0) is 10.8. The fourth-order valence-corrected chi connectivity index (χ4v) is 1.94. The lowest BCUT2D eigenvalue weighted by Crippen LogP contribution is -2.16. The number of nitrogens with two attached hydrogens (primary N) is 1. The molecule has 0 amide bonds. The molecular weight excluding hydrogens is 190 g/mol. The molecule has 0 aliphatic carbocycles. The number of hydrogen-bond acceptors (Lipinski definition) is 3. The van der Waals surface area contributed by atoms with Gasteiger partial charge in [-0.15, -0.1) is 0 Å². The van der Waals surface area contributed by atoms with Crippen molar-refractivity contribution in [2.24, 2.45) is 5.73 Å². The third-order valence-corrected chi connectivity index (χ3v) is 2.89. The third-order valence-electron chi connectivity index (χ3n) is 2.89. The van der Waals surface area contributed by atoms with E-state index in [9.17, 15) is 0 Å². The molecule has 0 saturated carbocycles. The predicted molar refractivity (Wildman–Crippen MR) is 58.4 cm³/mol. The monoisotopic (exact) mass is 209 g/mol. The molecule has 4 nitrogen and oxygen atoms in total. The highest BCUT2D eigenvalue weighted by atomic mass is 16.5.